The molecule has 0 aliphatic heterocycles. The number of hydrogen-bond donors (Lipinski definition) is 1. The Balaban J connectivity index is 1.91. The number of nitrogens with zero attached hydrogens (tertiary/aromatic N) is 3. The SMILES string of the molecule is Cc1ccc(-c2cn(CC(=O)c3cccc([N+](=O)[O-])c3)c(=N)n2C)cc1. The number of imidazole rings is 1. The third-order valence-electron chi connectivity index (χ3n) is 4.27. The van der Waals surface area contributed by atoms with Gasteiger partial charge in [0.15, 0.2) is 5.78 Å². The lowest BCUT2D eigenvalue weighted by atomic mass is 10.1. The molecular formula is C19H18N4O3. The zero-order chi connectivity index (χ0) is 18.8. The highest BCUT2D eigenvalue weighted by Gasteiger charge is 2.14. The van der Waals surface area contributed by atoms with Crippen LogP contribution in [-0.2, 0) is 13.6 Å². The highest BCUT2D eigenvalue weighted by Crippen LogP contribution is 2.19. The van der Waals surface area contributed by atoms with Crippen molar-refractivity contribution in [1.29, 1.82) is 5.41 Å². The highest BCUT2D eigenvalue weighted by atomic mass is 16.6. The zero-order valence-electron chi connectivity index (χ0n) is 14.5. The molecule has 0 saturated heterocycles. The van der Waals surface area contributed by atoms with Crippen LogP contribution in [0.1, 0.15) is 15.9 Å². The summed E-state index contributed by atoms with van der Waals surface area (Å²) < 4.78 is 3.24. The lowest BCUT2D eigenvalue weighted by molar-refractivity contribution is -0.384. The second-order valence-corrected chi connectivity index (χ2v) is 6.12. The van der Waals surface area contributed by atoms with E-state index < -0.39 is 4.92 Å². The molecule has 0 aliphatic rings. The number of nitro groups is 1. The number of non-ortho nitro benzene ring substituents is 1. The van der Waals surface area contributed by atoms with Gasteiger partial charge < -0.3 is 9.13 Å². The predicted molar refractivity (Wildman–Crippen MR) is 96.9 cm³/mol. The minimum atomic E-state index is -0.530. The molecule has 2 aromatic carbocycles. The Kier molecular flexibility index (Phi) is 4.53. The molecule has 7 nitrogen and oxygen atoms in total. The maximum atomic E-state index is 12.5. The van der Waals surface area contributed by atoms with Crippen molar-refractivity contribution in [3.8, 4) is 11.3 Å². The van der Waals surface area contributed by atoms with E-state index in [4.69, 9.17) is 5.41 Å². The predicted octanol–water partition coefficient (Wildman–Crippen LogP) is 3.07. The molecule has 0 fully saturated rings. The van der Waals surface area contributed by atoms with Crippen LogP contribution in [0.5, 0.6) is 0 Å². The maximum Gasteiger partial charge on any atom is 0.270 e. The normalized spacial score (nSPS) is 10.7. The smallest absolute Gasteiger partial charge is 0.270 e. The Labute approximate surface area is 149 Å². The van der Waals surface area contributed by atoms with Gasteiger partial charge in [-0.05, 0) is 12.5 Å². The van der Waals surface area contributed by atoms with E-state index in [1.807, 2.05) is 31.2 Å². The van der Waals surface area contributed by atoms with Gasteiger partial charge in [-0.25, -0.2) is 0 Å². The average molecular weight is 350 g/mol. The maximum absolute atomic E-state index is 12.5. The zero-order valence-corrected chi connectivity index (χ0v) is 14.5. The lowest BCUT2D eigenvalue weighted by Gasteiger charge is -2.02. The first-order valence-corrected chi connectivity index (χ1v) is 8.02. The van der Waals surface area contributed by atoms with Crippen molar-refractivity contribution in [1.82, 2.24) is 9.13 Å². The molecule has 0 atom stereocenters. The van der Waals surface area contributed by atoms with E-state index in [-0.39, 0.29) is 29.2 Å². The number of nitrogens with one attached hydrogen (secondary N) is 1. The number of ketones is 1. The summed E-state index contributed by atoms with van der Waals surface area (Å²) in [5.74, 6) is -0.284. The van der Waals surface area contributed by atoms with Gasteiger partial charge in [-0.15, -0.1) is 0 Å². The number of benzene rings is 2. The van der Waals surface area contributed by atoms with Crippen molar-refractivity contribution >= 4 is 11.5 Å². The fourth-order valence-electron chi connectivity index (χ4n) is 2.75. The van der Waals surface area contributed by atoms with E-state index in [0.29, 0.717) is 0 Å². The van der Waals surface area contributed by atoms with Gasteiger partial charge in [0.2, 0.25) is 5.62 Å². The summed E-state index contributed by atoms with van der Waals surface area (Å²) in [6, 6.07) is 13.6. The number of hydrogen-bond acceptors (Lipinski definition) is 4. The van der Waals surface area contributed by atoms with Gasteiger partial charge in [0, 0.05) is 30.9 Å². The molecule has 7 heteroatoms. The van der Waals surface area contributed by atoms with Crippen molar-refractivity contribution in [3.63, 3.8) is 0 Å². The lowest BCUT2D eigenvalue weighted by Crippen LogP contribution is -2.25. The van der Waals surface area contributed by atoms with E-state index in [9.17, 15) is 14.9 Å². The van der Waals surface area contributed by atoms with Gasteiger partial charge >= 0.3 is 0 Å². The van der Waals surface area contributed by atoms with Crippen molar-refractivity contribution in [2.75, 3.05) is 0 Å². The number of Topliss-reactive ketones (excluding diaryl/α,β-unsaturated/α-hetero) is 1. The summed E-state index contributed by atoms with van der Waals surface area (Å²) in [6.07, 6.45) is 1.75. The van der Waals surface area contributed by atoms with Crippen LogP contribution in [0.15, 0.2) is 54.7 Å². The molecule has 0 amide bonds. The number of aryl methyl sites for hydroxylation is 1. The van der Waals surface area contributed by atoms with Crippen LogP contribution >= 0.6 is 0 Å². The van der Waals surface area contributed by atoms with Crippen molar-refractivity contribution < 1.29 is 9.72 Å². The fraction of sp³-hybridized carbons (Fsp3) is 0.158. The Morgan fingerprint density at radius 3 is 2.54 bits per heavy atom. The first-order chi connectivity index (χ1) is 12.4. The van der Waals surface area contributed by atoms with Gasteiger partial charge in [0.25, 0.3) is 5.69 Å². The summed E-state index contributed by atoms with van der Waals surface area (Å²) in [5.41, 5.74) is 3.23. The molecule has 0 unspecified atom stereocenters. The fourth-order valence-corrected chi connectivity index (χ4v) is 2.75. The topological polar surface area (TPSA) is 93.9 Å². The molecule has 3 aromatic rings. The molecule has 26 heavy (non-hydrogen) atoms. The van der Waals surface area contributed by atoms with Crippen LogP contribution in [0.4, 0.5) is 5.69 Å². The standard InChI is InChI=1S/C19H18N4O3/c1-13-6-8-14(9-7-13)17-11-22(19(20)21(17)2)12-18(24)15-4-3-5-16(10-15)23(25)26/h3-11,20H,12H2,1-2H3. The molecule has 1 aromatic heterocycles. The largest absolute Gasteiger partial charge is 0.314 e. The molecule has 0 saturated carbocycles. The van der Waals surface area contributed by atoms with Crippen molar-refractivity contribution in [3.05, 3.63) is 81.6 Å². The Hall–Kier alpha value is -3.48. The molecule has 132 valence electrons. The van der Waals surface area contributed by atoms with E-state index in [1.54, 1.807) is 23.9 Å². The van der Waals surface area contributed by atoms with Crippen LogP contribution in [0.3, 0.4) is 0 Å². The summed E-state index contributed by atoms with van der Waals surface area (Å²) in [5, 5.41) is 19.1. The summed E-state index contributed by atoms with van der Waals surface area (Å²) >= 11 is 0. The van der Waals surface area contributed by atoms with Gasteiger partial charge in [0.05, 0.1) is 17.2 Å². The number of carbonyl (C=O) groups is 1. The highest BCUT2D eigenvalue weighted by molar-refractivity contribution is 5.96. The average Bonchev–Trinajstić information content (AvgIpc) is 2.91. The molecule has 1 N–H and O–H groups in total. The van der Waals surface area contributed by atoms with E-state index >= 15 is 0 Å². The number of nitro benzene ring substituents is 1. The molecular weight excluding hydrogens is 332 g/mol. The first-order valence-electron chi connectivity index (χ1n) is 8.02. The molecule has 3 rings (SSSR count). The van der Waals surface area contributed by atoms with Gasteiger partial charge in [0.1, 0.15) is 0 Å². The quantitative estimate of drug-likeness (QED) is 0.435. The van der Waals surface area contributed by atoms with Crippen LogP contribution < -0.4 is 5.62 Å². The summed E-state index contributed by atoms with van der Waals surface area (Å²) in [6.45, 7) is 1.95. The van der Waals surface area contributed by atoms with Crippen LogP contribution in [0.2, 0.25) is 0 Å². The van der Waals surface area contributed by atoms with E-state index in [1.165, 1.54) is 22.8 Å². The second kappa shape index (κ2) is 6.79. The molecule has 0 aliphatic carbocycles. The monoisotopic (exact) mass is 350 g/mol. The van der Waals surface area contributed by atoms with Gasteiger partial charge in [-0.3, -0.25) is 20.3 Å². The van der Waals surface area contributed by atoms with Crippen molar-refractivity contribution in [2.45, 2.75) is 13.5 Å². The number of rotatable bonds is 5. The Morgan fingerprint density at radius 2 is 1.88 bits per heavy atom. The molecule has 0 radical (unpaired) electrons. The van der Waals surface area contributed by atoms with Crippen LogP contribution in [0.25, 0.3) is 11.3 Å². The second-order valence-electron chi connectivity index (χ2n) is 6.12. The molecule has 0 bridgehead atoms. The minimum Gasteiger partial charge on any atom is -0.314 e. The van der Waals surface area contributed by atoms with Gasteiger partial charge in [-0.1, -0.05) is 42.0 Å². The summed E-state index contributed by atoms with van der Waals surface area (Å²) in [4.78, 5) is 22.8. The molecule has 0 spiro atoms. The Morgan fingerprint density at radius 1 is 1.19 bits per heavy atom. The van der Waals surface area contributed by atoms with E-state index in [0.717, 1.165) is 16.8 Å². The summed E-state index contributed by atoms with van der Waals surface area (Å²) in [7, 11) is 1.77. The third kappa shape index (κ3) is 3.32. The first kappa shape index (κ1) is 17.3. The van der Waals surface area contributed by atoms with Crippen LogP contribution in [-0.4, -0.2) is 19.8 Å². The Bertz CT molecular complexity index is 1050. The minimum absolute atomic E-state index is 0.0559. The van der Waals surface area contributed by atoms with Gasteiger partial charge in [-0.2, -0.15) is 0 Å². The number of carbonyl (C=O) groups excluding carboxylic acids is 1. The molecule has 1 heterocycles. The van der Waals surface area contributed by atoms with Crippen LogP contribution in [0, 0.1) is 22.4 Å². The van der Waals surface area contributed by atoms with Crippen molar-refractivity contribution in [2.24, 2.45) is 7.05 Å². The van der Waals surface area contributed by atoms with E-state index in [2.05, 4.69) is 0 Å². The number of aromatic nitrogens is 2. The third-order valence-corrected chi connectivity index (χ3v) is 4.27.